The Kier molecular flexibility index (Phi) is 5.74. The number of aryl methyl sites for hydroxylation is 1. The fraction of sp³-hybridized carbons (Fsp3) is 0.517. The summed E-state index contributed by atoms with van der Waals surface area (Å²) in [6.45, 7) is 9.30. The molecule has 2 aromatic carbocycles. The number of benzene rings is 2. The molecule has 5 heterocycles. The minimum atomic E-state index is -0.724. The molecule has 38 heavy (non-hydrogen) atoms. The molecule has 3 saturated heterocycles. The third-order valence-corrected chi connectivity index (χ3v) is 7.52. The number of hydrogen-bond donors (Lipinski definition) is 0. The Hall–Kier alpha value is -2.66. The van der Waals surface area contributed by atoms with Crippen molar-refractivity contribution in [1.82, 2.24) is 14.5 Å². The minimum absolute atomic E-state index is 0.253. The van der Waals surface area contributed by atoms with Crippen LogP contribution in [0.15, 0.2) is 48.5 Å². The van der Waals surface area contributed by atoms with Gasteiger partial charge in [-0.15, -0.1) is 0 Å². The van der Waals surface area contributed by atoms with E-state index in [4.69, 9.17) is 38.4 Å². The van der Waals surface area contributed by atoms with Gasteiger partial charge in [0, 0.05) is 18.5 Å². The molecule has 3 aliphatic heterocycles. The SMILES string of the molecule is CC1(C)OCC(C2OC3OC(C)(C)OC3C2OCCCn2c3ccccc3c3nc4ccccc4nc32)O1. The van der Waals surface area contributed by atoms with Gasteiger partial charge in [0.2, 0.25) is 0 Å². The van der Waals surface area contributed by atoms with Crippen molar-refractivity contribution < 1.29 is 28.4 Å². The van der Waals surface area contributed by atoms with E-state index < -0.39 is 17.9 Å². The van der Waals surface area contributed by atoms with E-state index in [2.05, 4.69) is 22.8 Å². The molecule has 0 saturated carbocycles. The molecule has 9 nitrogen and oxygen atoms in total. The predicted molar refractivity (Wildman–Crippen MR) is 140 cm³/mol. The zero-order valence-electron chi connectivity index (χ0n) is 22.1. The minimum Gasteiger partial charge on any atom is -0.372 e. The van der Waals surface area contributed by atoms with Gasteiger partial charge in [-0.05, 0) is 52.3 Å². The monoisotopic (exact) mass is 519 g/mol. The van der Waals surface area contributed by atoms with Gasteiger partial charge in [0.15, 0.2) is 23.5 Å². The fourth-order valence-corrected chi connectivity index (χ4v) is 5.92. The van der Waals surface area contributed by atoms with Crippen LogP contribution in [0.25, 0.3) is 33.1 Å². The summed E-state index contributed by atoms with van der Waals surface area (Å²) in [5, 5.41) is 1.11. The largest absolute Gasteiger partial charge is 0.372 e. The van der Waals surface area contributed by atoms with Crippen molar-refractivity contribution in [3.05, 3.63) is 48.5 Å². The van der Waals surface area contributed by atoms with Gasteiger partial charge in [0.05, 0.1) is 23.2 Å². The van der Waals surface area contributed by atoms with Crippen LogP contribution in [0.2, 0.25) is 0 Å². The van der Waals surface area contributed by atoms with E-state index in [9.17, 15) is 0 Å². The summed E-state index contributed by atoms with van der Waals surface area (Å²) in [4.78, 5) is 9.93. The molecule has 7 rings (SSSR count). The second-order valence-electron chi connectivity index (χ2n) is 11.2. The Morgan fingerprint density at radius 2 is 1.66 bits per heavy atom. The Morgan fingerprint density at radius 3 is 2.45 bits per heavy atom. The molecule has 200 valence electrons. The van der Waals surface area contributed by atoms with Crippen LogP contribution < -0.4 is 0 Å². The van der Waals surface area contributed by atoms with E-state index >= 15 is 0 Å². The van der Waals surface area contributed by atoms with Crippen molar-refractivity contribution in [1.29, 1.82) is 0 Å². The van der Waals surface area contributed by atoms with Gasteiger partial charge in [-0.1, -0.05) is 30.3 Å². The first-order valence-corrected chi connectivity index (χ1v) is 13.4. The molecule has 3 fully saturated rings. The van der Waals surface area contributed by atoms with Gasteiger partial charge in [-0.3, -0.25) is 0 Å². The Balaban J connectivity index is 1.11. The molecule has 0 N–H and O–H groups in total. The highest BCUT2D eigenvalue weighted by Gasteiger charge is 2.58. The fourth-order valence-electron chi connectivity index (χ4n) is 5.92. The van der Waals surface area contributed by atoms with Crippen LogP contribution in [-0.2, 0) is 35.0 Å². The third-order valence-electron chi connectivity index (χ3n) is 7.52. The first-order valence-electron chi connectivity index (χ1n) is 13.4. The molecule has 0 spiro atoms. The molecule has 3 aliphatic rings. The molecule has 5 unspecified atom stereocenters. The van der Waals surface area contributed by atoms with Crippen LogP contribution in [-0.4, -0.2) is 70.0 Å². The highest BCUT2D eigenvalue weighted by molar-refractivity contribution is 6.06. The second kappa shape index (κ2) is 8.94. The van der Waals surface area contributed by atoms with Gasteiger partial charge < -0.3 is 33.0 Å². The van der Waals surface area contributed by atoms with Gasteiger partial charge in [-0.2, -0.15) is 0 Å². The number of aromatic nitrogens is 3. The number of hydrogen-bond acceptors (Lipinski definition) is 8. The lowest BCUT2D eigenvalue weighted by molar-refractivity contribution is -0.236. The zero-order chi connectivity index (χ0) is 26.1. The van der Waals surface area contributed by atoms with Crippen molar-refractivity contribution in [2.45, 2.75) is 82.9 Å². The maximum atomic E-state index is 6.48. The highest BCUT2D eigenvalue weighted by Crippen LogP contribution is 2.42. The normalized spacial score (nSPS) is 30.1. The molecular weight excluding hydrogens is 486 g/mol. The first-order chi connectivity index (χ1) is 18.3. The van der Waals surface area contributed by atoms with E-state index in [1.54, 1.807) is 0 Å². The van der Waals surface area contributed by atoms with Gasteiger partial charge >= 0.3 is 0 Å². The zero-order valence-corrected chi connectivity index (χ0v) is 22.1. The number of rotatable bonds is 6. The molecule has 0 bridgehead atoms. The van der Waals surface area contributed by atoms with E-state index in [0.29, 0.717) is 13.2 Å². The Bertz CT molecular complexity index is 1500. The van der Waals surface area contributed by atoms with Crippen LogP contribution >= 0.6 is 0 Å². The van der Waals surface area contributed by atoms with E-state index in [1.165, 1.54) is 0 Å². The van der Waals surface area contributed by atoms with Gasteiger partial charge in [0.25, 0.3) is 0 Å². The molecule has 0 amide bonds. The summed E-state index contributed by atoms with van der Waals surface area (Å²) in [6, 6.07) is 16.3. The summed E-state index contributed by atoms with van der Waals surface area (Å²) < 4.78 is 39.1. The first kappa shape index (κ1) is 24.4. The lowest BCUT2D eigenvalue weighted by Gasteiger charge is -2.29. The molecule has 5 atom stereocenters. The van der Waals surface area contributed by atoms with Crippen LogP contribution in [0, 0.1) is 0 Å². The second-order valence-corrected chi connectivity index (χ2v) is 11.2. The highest BCUT2D eigenvalue weighted by atomic mass is 16.8. The van der Waals surface area contributed by atoms with Crippen molar-refractivity contribution in [3.8, 4) is 0 Å². The Labute approximate surface area is 220 Å². The van der Waals surface area contributed by atoms with Crippen LogP contribution in [0.4, 0.5) is 0 Å². The molecular formula is C29H33N3O6. The summed E-state index contributed by atoms with van der Waals surface area (Å²) in [6.07, 6.45) is -0.960. The van der Waals surface area contributed by atoms with Crippen molar-refractivity contribution >= 4 is 33.1 Å². The average molecular weight is 520 g/mol. The maximum Gasteiger partial charge on any atom is 0.190 e. The quantitative estimate of drug-likeness (QED) is 0.343. The number of para-hydroxylation sites is 3. The average Bonchev–Trinajstić information content (AvgIpc) is 3.59. The van der Waals surface area contributed by atoms with Crippen LogP contribution in [0.1, 0.15) is 34.1 Å². The van der Waals surface area contributed by atoms with E-state index in [0.717, 1.165) is 46.1 Å². The number of ether oxygens (including phenoxy) is 6. The molecule has 0 radical (unpaired) electrons. The summed E-state index contributed by atoms with van der Waals surface area (Å²) in [5.74, 6) is -1.38. The van der Waals surface area contributed by atoms with Crippen molar-refractivity contribution in [3.63, 3.8) is 0 Å². The van der Waals surface area contributed by atoms with Crippen molar-refractivity contribution in [2.75, 3.05) is 13.2 Å². The summed E-state index contributed by atoms with van der Waals surface area (Å²) >= 11 is 0. The van der Waals surface area contributed by atoms with Gasteiger partial charge in [0.1, 0.15) is 29.9 Å². The van der Waals surface area contributed by atoms with Crippen molar-refractivity contribution in [2.24, 2.45) is 0 Å². The number of nitrogens with zero attached hydrogens (tertiary/aromatic N) is 3. The maximum absolute atomic E-state index is 6.48. The van der Waals surface area contributed by atoms with Gasteiger partial charge in [-0.25, -0.2) is 9.97 Å². The summed E-state index contributed by atoms with van der Waals surface area (Å²) in [7, 11) is 0. The van der Waals surface area contributed by atoms with E-state index in [-0.39, 0.29) is 24.4 Å². The Morgan fingerprint density at radius 1 is 0.895 bits per heavy atom. The van der Waals surface area contributed by atoms with Crippen LogP contribution in [0.5, 0.6) is 0 Å². The third kappa shape index (κ3) is 4.18. The molecule has 0 aliphatic carbocycles. The van der Waals surface area contributed by atoms with Crippen LogP contribution in [0.3, 0.4) is 0 Å². The number of fused-ring (bicyclic) bond motifs is 5. The summed E-state index contributed by atoms with van der Waals surface area (Å²) in [5.41, 5.74) is 4.72. The predicted octanol–water partition coefficient (Wildman–Crippen LogP) is 4.54. The molecule has 4 aromatic rings. The standard InChI is InChI=1S/C29H33N3O6/c1-28(2)34-16-21(36-28)23-24(25-27(35-23)38-29(3,4)37-25)33-15-9-14-32-20-13-8-5-10-17(20)22-26(32)31-19-12-7-6-11-18(19)30-22/h5-8,10-13,21,23-25,27H,9,14-16H2,1-4H3. The lowest BCUT2D eigenvalue weighted by atomic mass is 10.1. The topological polar surface area (TPSA) is 86.1 Å². The molecule has 9 heteroatoms. The van der Waals surface area contributed by atoms with E-state index in [1.807, 2.05) is 58.0 Å². The lowest BCUT2D eigenvalue weighted by Crippen LogP contribution is -2.44. The molecule has 2 aromatic heterocycles. The smallest absolute Gasteiger partial charge is 0.190 e.